The van der Waals surface area contributed by atoms with Crippen LogP contribution in [-0.2, 0) is 9.53 Å². The number of halogens is 1. The molecule has 0 unspecified atom stereocenters. The highest BCUT2D eigenvalue weighted by Crippen LogP contribution is 1.99. The minimum atomic E-state index is -0.127. The molecule has 0 atom stereocenters. The van der Waals surface area contributed by atoms with E-state index in [1.807, 2.05) is 0 Å². The summed E-state index contributed by atoms with van der Waals surface area (Å²) in [6.45, 7) is 1.79. The van der Waals surface area contributed by atoms with Crippen molar-refractivity contribution < 1.29 is 9.53 Å². The van der Waals surface area contributed by atoms with Crippen LogP contribution in [0.25, 0.3) is 0 Å². The number of guanidine groups is 1. The molecular weight excluding hydrogens is 377 g/mol. The smallest absolute Gasteiger partial charge is 0.305 e. The molecule has 2 N–H and O–H groups in total. The van der Waals surface area contributed by atoms with Crippen molar-refractivity contribution >= 4 is 47.7 Å². The third-order valence-corrected chi connectivity index (χ3v) is 3.01. The fourth-order valence-electron chi connectivity index (χ4n) is 1.37. The number of unbranched alkanes of at least 4 members (excludes halogenated alkanes) is 2. The Balaban J connectivity index is 0. The van der Waals surface area contributed by atoms with Gasteiger partial charge in [-0.25, -0.2) is 0 Å². The number of carbonyl (C=O) groups excluding carboxylic acids is 1. The van der Waals surface area contributed by atoms with E-state index in [9.17, 15) is 4.79 Å². The molecule has 114 valence electrons. The van der Waals surface area contributed by atoms with Crippen LogP contribution >= 0.6 is 35.7 Å². The summed E-state index contributed by atoms with van der Waals surface area (Å²) >= 11 is 1.80. The minimum Gasteiger partial charge on any atom is -0.469 e. The van der Waals surface area contributed by atoms with Gasteiger partial charge in [-0.15, -0.1) is 24.0 Å². The van der Waals surface area contributed by atoms with E-state index in [2.05, 4.69) is 26.6 Å². The first-order chi connectivity index (χ1) is 8.74. The quantitative estimate of drug-likeness (QED) is 0.202. The van der Waals surface area contributed by atoms with E-state index in [1.54, 1.807) is 18.8 Å². The number of nitrogens with zero attached hydrogens (tertiary/aromatic N) is 1. The molecule has 7 heteroatoms. The lowest BCUT2D eigenvalue weighted by Gasteiger charge is -2.11. The second-order valence-electron chi connectivity index (χ2n) is 3.81. The molecule has 0 spiro atoms. The monoisotopic (exact) mass is 403 g/mol. The summed E-state index contributed by atoms with van der Waals surface area (Å²) in [5.41, 5.74) is 0. The van der Waals surface area contributed by atoms with Crippen LogP contribution in [0.4, 0.5) is 0 Å². The van der Waals surface area contributed by atoms with E-state index < -0.39 is 0 Å². The van der Waals surface area contributed by atoms with Gasteiger partial charge in [-0.3, -0.25) is 9.79 Å². The average molecular weight is 403 g/mol. The lowest BCUT2D eigenvalue weighted by molar-refractivity contribution is -0.140. The van der Waals surface area contributed by atoms with Crippen LogP contribution < -0.4 is 10.6 Å². The highest BCUT2D eigenvalue weighted by Gasteiger charge is 1.99. The van der Waals surface area contributed by atoms with Gasteiger partial charge in [0.2, 0.25) is 0 Å². The van der Waals surface area contributed by atoms with Crippen LogP contribution in [0.2, 0.25) is 0 Å². The van der Waals surface area contributed by atoms with Crippen LogP contribution in [0.5, 0.6) is 0 Å². The number of hydrogen-bond acceptors (Lipinski definition) is 4. The Labute approximate surface area is 137 Å². The summed E-state index contributed by atoms with van der Waals surface area (Å²) in [6.07, 6.45) is 5.52. The number of esters is 1. The standard InChI is InChI=1S/C12H25N3O2S.HI/c1-13-12(15-9-10-18-3)14-8-6-4-5-7-11(16)17-2;/h4-10H2,1-3H3,(H2,13,14,15);1H. The molecule has 5 nitrogen and oxygen atoms in total. The van der Waals surface area contributed by atoms with E-state index in [1.165, 1.54) is 7.11 Å². The molecule has 0 saturated heterocycles. The lowest BCUT2D eigenvalue weighted by atomic mass is 10.2. The van der Waals surface area contributed by atoms with Crippen molar-refractivity contribution in [1.29, 1.82) is 0 Å². The number of hydrogen-bond donors (Lipinski definition) is 2. The third-order valence-electron chi connectivity index (χ3n) is 2.40. The number of methoxy groups -OCH3 is 1. The van der Waals surface area contributed by atoms with Gasteiger partial charge in [0.15, 0.2) is 5.96 Å². The van der Waals surface area contributed by atoms with E-state index in [0.29, 0.717) is 6.42 Å². The topological polar surface area (TPSA) is 62.7 Å². The zero-order valence-electron chi connectivity index (χ0n) is 12.0. The number of carbonyl (C=O) groups is 1. The molecule has 0 aliphatic rings. The number of aliphatic imine (C=N–C) groups is 1. The fourth-order valence-corrected chi connectivity index (χ4v) is 1.68. The summed E-state index contributed by atoms with van der Waals surface area (Å²) in [7, 11) is 3.19. The van der Waals surface area contributed by atoms with Crippen LogP contribution in [-0.4, -0.2) is 51.2 Å². The number of nitrogens with one attached hydrogen (secondary N) is 2. The Morgan fingerprint density at radius 3 is 2.47 bits per heavy atom. The second kappa shape index (κ2) is 15.9. The van der Waals surface area contributed by atoms with Gasteiger partial charge in [0.25, 0.3) is 0 Å². The van der Waals surface area contributed by atoms with Gasteiger partial charge >= 0.3 is 5.97 Å². The molecule has 0 radical (unpaired) electrons. The van der Waals surface area contributed by atoms with Gasteiger partial charge in [0.1, 0.15) is 0 Å². The molecule has 0 aliphatic carbocycles. The first-order valence-electron chi connectivity index (χ1n) is 6.24. The second-order valence-corrected chi connectivity index (χ2v) is 4.79. The predicted molar refractivity (Wildman–Crippen MR) is 93.6 cm³/mol. The van der Waals surface area contributed by atoms with Crippen molar-refractivity contribution in [3.05, 3.63) is 0 Å². The van der Waals surface area contributed by atoms with Crippen LogP contribution in [0.3, 0.4) is 0 Å². The molecule has 0 bridgehead atoms. The zero-order chi connectivity index (χ0) is 13.6. The van der Waals surface area contributed by atoms with Crippen molar-refractivity contribution in [3.63, 3.8) is 0 Å². The molecule has 0 fully saturated rings. The van der Waals surface area contributed by atoms with E-state index >= 15 is 0 Å². The summed E-state index contributed by atoms with van der Waals surface area (Å²) in [5.74, 6) is 1.79. The number of ether oxygens (including phenoxy) is 1. The summed E-state index contributed by atoms with van der Waals surface area (Å²) in [5, 5.41) is 6.48. The van der Waals surface area contributed by atoms with Gasteiger partial charge < -0.3 is 15.4 Å². The minimum absolute atomic E-state index is 0. The van der Waals surface area contributed by atoms with Gasteiger partial charge in [0.05, 0.1) is 7.11 Å². The Hall–Kier alpha value is -0.180. The maximum absolute atomic E-state index is 10.9. The van der Waals surface area contributed by atoms with E-state index in [4.69, 9.17) is 0 Å². The molecular formula is C12H26IN3O2S. The zero-order valence-corrected chi connectivity index (χ0v) is 15.2. The molecule has 0 rings (SSSR count). The molecule has 0 aromatic carbocycles. The van der Waals surface area contributed by atoms with Crippen molar-refractivity contribution in [1.82, 2.24) is 10.6 Å². The summed E-state index contributed by atoms with van der Waals surface area (Å²) in [4.78, 5) is 15.0. The van der Waals surface area contributed by atoms with Crippen molar-refractivity contribution in [3.8, 4) is 0 Å². The Kier molecular flexibility index (Phi) is 17.7. The Morgan fingerprint density at radius 2 is 1.89 bits per heavy atom. The van der Waals surface area contributed by atoms with Crippen LogP contribution in [0, 0.1) is 0 Å². The molecule has 0 heterocycles. The maximum Gasteiger partial charge on any atom is 0.305 e. The van der Waals surface area contributed by atoms with Crippen molar-refractivity contribution in [2.75, 3.05) is 39.3 Å². The summed E-state index contributed by atoms with van der Waals surface area (Å²) < 4.78 is 4.58. The molecule has 0 saturated carbocycles. The molecule has 0 amide bonds. The van der Waals surface area contributed by atoms with Gasteiger partial charge in [-0.2, -0.15) is 11.8 Å². The highest BCUT2D eigenvalue weighted by atomic mass is 127. The van der Waals surface area contributed by atoms with Crippen LogP contribution in [0.15, 0.2) is 4.99 Å². The Bertz CT molecular complexity index is 253. The third kappa shape index (κ3) is 14.0. The van der Waals surface area contributed by atoms with Gasteiger partial charge in [0, 0.05) is 32.3 Å². The predicted octanol–water partition coefficient (Wildman–Crippen LogP) is 1.87. The molecule has 0 aromatic rings. The van der Waals surface area contributed by atoms with Gasteiger partial charge in [-0.05, 0) is 19.1 Å². The normalized spacial score (nSPS) is 10.6. The largest absolute Gasteiger partial charge is 0.469 e. The Morgan fingerprint density at radius 1 is 1.21 bits per heavy atom. The first kappa shape index (κ1) is 21.1. The van der Waals surface area contributed by atoms with Crippen molar-refractivity contribution in [2.45, 2.75) is 25.7 Å². The SMILES string of the molecule is CN=C(NCCCCCC(=O)OC)NCCSC.I. The lowest BCUT2D eigenvalue weighted by Crippen LogP contribution is -2.38. The molecule has 19 heavy (non-hydrogen) atoms. The number of rotatable bonds is 9. The van der Waals surface area contributed by atoms with Gasteiger partial charge in [-0.1, -0.05) is 6.42 Å². The average Bonchev–Trinajstić information content (AvgIpc) is 2.40. The highest BCUT2D eigenvalue weighted by molar-refractivity contribution is 14.0. The summed E-state index contributed by atoms with van der Waals surface area (Å²) in [6, 6.07) is 0. The fraction of sp³-hybridized carbons (Fsp3) is 0.833. The van der Waals surface area contributed by atoms with Crippen molar-refractivity contribution in [2.24, 2.45) is 4.99 Å². The maximum atomic E-state index is 10.9. The van der Waals surface area contributed by atoms with E-state index in [-0.39, 0.29) is 29.9 Å². The first-order valence-corrected chi connectivity index (χ1v) is 7.64. The van der Waals surface area contributed by atoms with E-state index in [0.717, 1.165) is 44.1 Å². The number of thioether (sulfide) groups is 1. The molecule has 0 aliphatic heterocycles. The molecule has 0 aromatic heterocycles. The van der Waals surface area contributed by atoms with Crippen LogP contribution in [0.1, 0.15) is 25.7 Å².